The number of benzene rings is 1. The third-order valence-corrected chi connectivity index (χ3v) is 7.22. The van der Waals surface area contributed by atoms with Gasteiger partial charge in [-0.05, 0) is 76.5 Å². The van der Waals surface area contributed by atoms with Crippen molar-refractivity contribution in [3.05, 3.63) is 34.9 Å². The SMILES string of the molecule is CCCCCCCCN(C(=O)C(CC(C)C)NC(=O)OC(C)(C)C)C(C(=O)NCCCCC)c1ccc(C)c(C)c1. The first-order valence-electron chi connectivity index (χ1n) is 16.0. The Kier molecular flexibility index (Phi) is 16.7. The number of nitrogens with zero attached hydrogens (tertiary/aromatic N) is 1. The second kappa shape index (κ2) is 18.8. The van der Waals surface area contributed by atoms with Crippen molar-refractivity contribution >= 4 is 17.9 Å². The number of aryl methyl sites for hydroxylation is 2. The Labute approximate surface area is 250 Å². The van der Waals surface area contributed by atoms with Crippen LogP contribution in [0.15, 0.2) is 18.2 Å². The predicted octanol–water partition coefficient (Wildman–Crippen LogP) is 7.78. The number of carbonyl (C=O) groups is 3. The molecule has 1 rings (SSSR count). The molecule has 3 amide bonds. The molecule has 1 aromatic carbocycles. The van der Waals surface area contributed by atoms with Crippen LogP contribution in [-0.4, -0.2) is 47.5 Å². The third-order valence-electron chi connectivity index (χ3n) is 7.22. The second-order valence-electron chi connectivity index (χ2n) is 12.9. The van der Waals surface area contributed by atoms with Crippen LogP contribution >= 0.6 is 0 Å². The summed E-state index contributed by atoms with van der Waals surface area (Å²) in [5, 5.41) is 5.96. The minimum atomic E-state index is -0.799. The fraction of sp³-hybridized carbons (Fsp3) is 0.735. The van der Waals surface area contributed by atoms with Gasteiger partial charge in [0.2, 0.25) is 11.8 Å². The fourth-order valence-electron chi connectivity index (χ4n) is 4.86. The molecule has 0 aliphatic rings. The molecule has 0 heterocycles. The summed E-state index contributed by atoms with van der Waals surface area (Å²) in [6, 6.07) is 4.41. The van der Waals surface area contributed by atoms with E-state index >= 15 is 0 Å². The molecule has 0 aromatic heterocycles. The van der Waals surface area contributed by atoms with Crippen molar-refractivity contribution in [1.29, 1.82) is 0 Å². The first-order chi connectivity index (χ1) is 19.3. The second-order valence-corrected chi connectivity index (χ2v) is 12.9. The molecule has 7 nitrogen and oxygen atoms in total. The number of nitrogens with one attached hydrogen (secondary N) is 2. The van der Waals surface area contributed by atoms with Gasteiger partial charge < -0.3 is 20.3 Å². The lowest BCUT2D eigenvalue weighted by Crippen LogP contribution is -2.53. The molecular formula is C34H59N3O4. The molecule has 2 atom stereocenters. The van der Waals surface area contributed by atoms with Gasteiger partial charge in [0, 0.05) is 13.1 Å². The number of rotatable bonds is 18. The minimum absolute atomic E-state index is 0.151. The normalized spacial score (nSPS) is 13.0. The number of amides is 3. The van der Waals surface area contributed by atoms with E-state index in [1.165, 1.54) is 19.3 Å². The molecule has 0 bridgehead atoms. The Morgan fingerprint density at radius 2 is 1.49 bits per heavy atom. The van der Waals surface area contributed by atoms with Gasteiger partial charge in [-0.25, -0.2) is 4.79 Å². The van der Waals surface area contributed by atoms with Crippen LogP contribution in [0.25, 0.3) is 0 Å². The molecule has 0 spiro atoms. The zero-order valence-electron chi connectivity index (χ0n) is 27.5. The van der Waals surface area contributed by atoms with Crippen LogP contribution in [0.5, 0.6) is 0 Å². The van der Waals surface area contributed by atoms with Crippen LogP contribution < -0.4 is 10.6 Å². The van der Waals surface area contributed by atoms with Gasteiger partial charge in [-0.2, -0.15) is 0 Å². The highest BCUT2D eigenvalue weighted by Gasteiger charge is 2.36. The highest BCUT2D eigenvalue weighted by atomic mass is 16.6. The van der Waals surface area contributed by atoms with Crippen molar-refractivity contribution in [2.45, 2.75) is 144 Å². The molecule has 2 N–H and O–H groups in total. The Bertz CT molecular complexity index is 938. The number of hydrogen-bond donors (Lipinski definition) is 2. The van der Waals surface area contributed by atoms with Gasteiger partial charge in [0.25, 0.3) is 0 Å². The summed E-state index contributed by atoms with van der Waals surface area (Å²) in [4.78, 5) is 42.8. The summed E-state index contributed by atoms with van der Waals surface area (Å²) >= 11 is 0. The topological polar surface area (TPSA) is 87.7 Å². The minimum Gasteiger partial charge on any atom is -0.444 e. The first kappa shape index (κ1) is 36.5. The predicted molar refractivity (Wildman–Crippen MR) is 169 cm³/mol. The van der Waals surface area contributed by atoms with Gasteiger partial charge in [-0.3, -0.25) is 9.59 Å². The zero-order chi connectivity index (χ0) is 31.0. The zero-order valence-corrected chi connectivity index (χ0v) is 27.5. The van der Waals surface area contributed by atoms with Crippen molar-refractivity contribution in [2.75, 3.05) is 13.1 Å². The summed E-state index contributed by atoms with van der Waals surface area (Å²) in [5.41, 5.74) is 2.31. The van der Waals surface area contributed by atoms with Gasteiger partial charge in [0.15, 0.2) is 0 Å². The molecule has 1 aromatic rings. The van der Waals surface area contributed by atoms with E-state index in [4.69, 9.17) is 4.74 Å². The van der Waals surface area contributed by atoms with E-state index in [0.29, 0.717) is 19.5 Å². The number of hydrogen-bond acceptors (Lipinski definition) is 4. The number of alkyl carbamates (subject to hydrolysis) is 1. The molecule has 41 heavy (non-hydrogen) atoms. The van der Waals surface area contributed by atoms with Crippen molar-refractivity contribution < 1.29 is 19.1 Å². The molecule has 0 aliphatic heterocycles. The van der Waals surface area contributed by atoms with Gasteiger partial charge in [-0.1, -0.05) is 90.8 Å². The smallest absolute Gasteiger partial charge is 0.408 e. The van der Waals surface area contributed by atoms with Crippen molar-refractivity contribution in [2.24, 2.45) is 5.92 Å². The van der Waals surface area contributed by atoms with Crippen LogP contribution in [-0.2, 0) is 14.3 Å². The molecule has 0 fully saturated rings. The van der Waals surface area contributed by atoms with E-state index in [2.05, 4.69) is 24.5 Å². The van der Waals surface area contributed by atoms with Crippen LogP contribution in [0.2, 0.25) is 0 Å². The third kappa shape index (κ3) is 14.2. The van der Waals surface area contributed by atoms with Crippen molar-refractivity contribution in [3.63, 3.8) is 0 Å². The largest absolute Gasteiger partial charge is 0.444 e. The van der Waals surface area contributed by atoms with Gasteiger partial charge in [0.05, 0.1) is 0 Å². The Morgan fingerprint density at radius 1 is 0.878 bits per heavy atom. The molecule has 0 aliphatic carbocycles. The van der Waals surface area contributed by atoms with Gasteiger partial charge >= 0.3 is 6.09 Å². The number of ether oxygens (including phenoxy) is 1. The first-order valence-corrected chi connectivity index (χ1v) is 16.0. The van der Waals surface area contributed by atoms with E-state index in [1.807, 2.05) is 45.9 Å². The maximum Gasteiger partial charge on any atom is 0.408 e. The van der Waals surface area contributed by atoms with Gasteiger partial charge in [-0.15, -0.1) is 0 Å². The van der Waals surface area contributed by atoms with Crippen LogP contribution in [0, 0.1) is 19.8 Å². The quantitative estimate of drug-likeness (QED) is 0.176. The highest BCUT2D eigenvalue weighted by Crippen LogP contribution is 2.27. The average molecular weight is 574 g/mol. The van der Waals surface area contributed by atoms with Crippen LogP contribution in [0.1, 0.15) is 135 Å². The number of unbranched alkanes of at least 4 members (excludes halogenated alkanes) is 7. The summed E-state index contributed by atoms with van der Waals surface area (Å²) in [6.07, 6.45) is 9.22. The molecule has 0 radical (unpaired) electrons. The summed E-state index contributed by atoms with van der Waals surface area (Å²) in [6.45, 7) is 18.9. The maximum absolute atomic E-state index is 14.4. The molecule has 0 saturated heterocycles. The lowest BCUT2D eigenvalue weighted by atomic mass is 9.96. The Balaban J connectivity index is 3.46. The number of carbonyl (C=O) groups excluding carboxylic acids is 3. The van der Waals surface area contributed by atoms with E-state index in [-0.39, 0.29) is 17.7 Å². The fourth-order valence-corrected chi connectivity index (χ4v) is 4.86. The highest BCUT2D eigenvalue weighted by molar-refractivity contribution is 5.92. The lowest BCUT2D eigenvalue weighted by molar-refractivity contribution is -0.143. The molecule has 234 valence electrons. The lowest BCUT2D eigenvalue weighted by Gasteiger charge is -2.35. The van der Waals surface area contributed by atoms with Crippen molar-refractivity contribution in [1.82, 2.24) is 15.5 Å². The molecule has 2 unspecified atom stereocenters. The standard InChI is InChI=1S/C34H59N3O4/c1-10-12-14-15-16-18-22-37(32(39)29(23-25(3)4)36-33(40)41-34(7,8)9)30(31(38)35-21-17-13-11-2)28-20-19-26(5)27(6)24-28/h19-20,24-25,29-30H,10-18,21-23H2,1-9H3,(H,35,38)(H,36,40). The van der Waals surface area contributed by atoms with E-state index in [0.717, 1.165) is 55.2 Å². The van der Waals surface area contributed by atoms with Crippen LogP contribution in [0.3, 0.4) is 0 Å². The molecular weight excluding hydrogens is 514 g/mol. The monoisotopic (exact) mass is 573 g/mol. The van der Waals surface area contributed by atoms with E-state index < -0.39 is 23.8 Å². The average Bonchev–Trinajstić information content (AvgIpc) is 2.87. The molecule has 7 heteroatoms. The van der Waals surface area contributed by atoms with Gasteiger partial charge in [0.1, 0.15) is 17.7 Å². The van der Waals surface area contributed by atoms with E-state index in [1.54, 1.807) is 25.7 Å². The Morgan fingerprint density at radius 3 is 2.07 bits per heavy atom. The van der Waals surface area contributed by atoms with E-state index in [9.17, 15) is 14.4 Å². The van der Waals surface area contributed by atoms with Crippen LogP contribution in [0.4, 0.5) is 4.79 Å². The summed E-state index contributed by atoms with van der Waals surface area (Å²) in [5.74, 6) is -0.271. The Hall–Kier alpha value is -2.57. The summed E-state index contributed by atoms with van der Waals surface area (Å²) in [7, 11) is 0. The molecule has 0 saturated carbocycles. The van der Waals surface area contributed by atoms with Crippen molar-refractivity contribution in [3.8, 4) is 0 Å². The maximum atomic E-state index is 14.4. The summed E-state index contributed by atoms with van der Waals surface area (Å²) < 4.78 is 5.51.